The van der Waals surface area contributed by atoms with E-state index < -0.39 is 18.0 Å². The van der Waals surface area contributed by atoms with Gasteiger partial charge in [0.05, 0.1) is 0 Å². The van der Waals surface area contributed by atoms with E-state index in [1.165, 1.54) is 24.3 Å². The predicted molar refractivity (Wildman–Crippen MR) is 74.4 cm³/mol. The van der Waals surface area contributed by atoms with Crippen molar-refractivity contribution >= 4 is 11.9 Å². The molecular formula is C14H19FN2O4. The van der Waals surface area contributed by atoms with E-state index in [2.05, 4.69) is 5.32 Å². The first kappa shape index (κ1) is 17.1. The quantitative estimate of drug-likeness (QED) is 0.647. The van der Waals surface area contributed by atoms with E-state index in [1.807, 2.05) is 0 Å². The Kier molecular flexibility index (Phi) is 6.77. The average Bonchev–Trinajstić information content (AvgIpc) is 2.96. The van der Waals surface area contributed by atoms with Crippen LogP contribution in [0.25, 0.3) is 0 Å². The maximum absolute atomic E-state index is 12.4. The maximum Gasteiger partial charge on any atom is 0.320 e. The Hall–Kier alpha value is -1.99. The molecule has 21 heavy (non-hydrogen) atoms. The lowest BCUT2D eigenvalue weighted by molar-refractivity contribution is -0.139. The number of halogens is 1. The van der Waals surface area contributed by atoms with Gasteiger partial charge in [-0.05, 0) is 43.5 Å². The van der Waals surface area contributed by atoms with Gasteiger partial charge < -0.3 is 21.3 Å². The summed E-state index contributed by atoms with van der Waals surface area (Å²) in [5, 5.41) is 19.7. The fourth-order valence-corrected chi connectivity index (χ4v) is 1.86. The van der Waals surface area contributed by atoms with Crippen LogP contribution in [0, 0.1) is 5.82 Å². The van der Waals surface area contributed by atoms with Crippen molar-refractivity contribution in [3.05, 3.63) is 35.6 Å². The highest BCUT2D eigenvalue weighted by atomic mass is 19.1. The highest BCUT2D eigenvalue weighted by Crippen LogP contribution is 2.05. The third kappa shape index (κ3) is 6.33. The van der Waals surface area contributed by atoms with Gasteiger partial charge in [0.15, 0.2) is 0 Å². The number of carbonyl (C=O) groups is 2. The summed E-state index contributed by atoms with van der Waals surface area (Å²) in [5.41, 5.74) is 6.01. The van der Waals surface area contributed by atoms with Gasteiger partial charge in [-0.1, -0.05) is 12.1 Å². The lowest BCUT2D eigenvalue weighted by Crippen LogP contribution is -2.32. The Bertz CT molecular complexity index is 472. The van der Waals surface area contributed by atoms with Crippen LogP contribution in [0.15, 0.2) is 24.3 Å². The van der Waals surface area contributed by atoms with Crippen LogP contribution in [0.5, 0.6) is 0 Å². The van der Waals surface area contributed by atoms with Crippen molar-refractivity contribution in [3.8, 4) is 0 Å². The second kappa shape index (κ2) is 8.33. The first-order chi connectivity index (χ1) is 9.90. The van der Waals surface area contributed by atoms with Crippen LogP contribution in [-0.4, -0.2) is 40.8 Å². The second-order valence-electron chi connectivity index (χ2n) is 4.76. The average molecular weight is 298 g/mol. The summed E-state index contributed by atoms with van der Waals surface area (Å²) in [6, 6.07) is 4.42. The van der Waals surface area contributed by atoms with Crippen molar-refractivity contribution in [2.75, 3.05) is 6.54 Å². The number of hydrogen-bond acceptors (Lipinski definition) is 4. The Morgan fingerprint density at radius 1 is 1.33 bits per heavy atom. The minimum absolute atomic E-state index is 0.218. The predicted octanol–water partition coefficient (Wildman–Crippen LogP) is 0.603. The molecule has 6 nitrogen and oxygen atoms in total. The first-order valence-corrected chi connectivity index (χ1v) is 6.59. The molecular weight excluding hydrogens is 279 g/mol. The van der Waals surface area contributed by atoms with Crippen molar-refractivity contribution < 1.29 is 24.2 Å². The normalized spacial score (nSPS) is 18.5. The topological polar surface area (TPSA) is 113 Å². The third-order valence-electron chi connectivity index (χ3n) is 3.04. The fraction of sp³-hybridized carbons (Fsp3) is 0.429. The zero-order valence-electron chi connectivity index (χ0n) is 11.5. The van der Waals surface area contributed by atoms with Gasteiger partial charge >= 0.3 is 11.9 Å². The molecule has 0 aromatic heterocycles. The molecule has 0 radical (unpaired) electrons. The molecule has 1 aromatic rings. The lowest BCUT2D eigenvalue weighted by atomic mass is 10.1. The summed E-state index contributed by atoms with van der Waals surface area (Å²) in [6.45, 7) is 0.858. The van der Waals surface area contributed by atoms with Crippen molar-refractivity contribution in [2.24, 2.45) is 5.73 Å². The number of benzene rings is 1. The smallest absolute Gasteiger partial charge is 0.320 e. The van der Waals surface area contributed by atoms with E-state index in [0.29, 0.717) is 0 Å². The molecule has 2 atom stereocenters. The summed E-state index contributed by atoms with van der Waals surface area (Å²) >= 11 is 0. The summed E-state index contributed by atoms with van der Waals surface area (Å²) in [7, 11) is 0. The molecule has 116 valence electrons. The molecule has 1 heterocycles. The highest BCUT2D eigenvalue weighted by molar-refractivity contribution is 5.74. The molecule has 0 aliphatic carbocycles. The molecule has 0 spiro atoms. The summed E-state index contributed by atoms with van der Waals surface area (Å²) < 4.78 is 12.4. The molecule has 1 saturated heterocycles. The minimum Gasteiger partial charge on any atom is -0.480 e. The molecule has 0 bridgehead atoms. The Morgan fingerprint density at radius 3 is 2.33 bits per heavy atom. The molecule has 1 fully saturated rings. The van der Waals surface area contributed by atoms with Crippen molar-refractivity contribution in [1.82, 2.24) is 5.32 Å². The summed E-state index contributed by atoms with van der Waals surface area (Å²) in [4.78, 5) is 20.5. The molecule has 0 saturated carbocycles. The largest absolute Gasteiger partial charge is 0.480 e. The van der Waals surface area contributed by atoms with Crippen LogP contribution in [0.1, 0.15) is 18.4 Å². The SMILES string of the molecule is NC(Cc1ccc(F)cc1)C(=O)O.O=C(O)C1CCCN1. The third-order valence-corrected chi connectivity index (χ3v) is 3.04. The maximum atomic E-state index is 12.4. The number of nitrogens with two attached hydrogens (primary N) is 1. The van der Waals surface area contributed by atoms with Gasteiger partial charge in [-0.3, -0.25) is 9.59 Å². The molecule has 5 N–H and O–H groups in total. The number of nitrogens with one attached hydrogen (secondary N) is 1. The van der Waals surface area contributed by atoms with E-state index in [9.17, 15) is 14.0 Å². The molecule has 1 aliphatic rings. The van der Waals surface area contributed by atoms with Gasteiger partial charge in [0, 0.05) is 0 Å². The molecule has 2 rings (SSSR count). The van der Waals surface area contributed by atoms with E-state index in [4.69, 9.17) is 15.9 Å². The fourth-order valence-electron chi connectivity index (χ4n) is 1.86. The molecule has 1 aliphatic heterocycles. The number of carboxylic acid groups (broad SMARTS) is 2. The number of hydrogen-bond donors (Lipinski definition) is 4. The molecule has 1 aromatic carbocycles. The van der Waals surface area contributed by atoms with Gasteiger partial charge in [0.25, 0.3) is 0 Å². The van der Waals surface area contributed by atoms with E-state index in [1.54, 1.807) is 0 Å². The van der Waals surface area contributed by atoms with E-state index in [-0.39, 0.29) is 18.3 Å². The first-order valence-electron chi connectivity index (χ1n) is 6.59. The van der Waals surface area contributed by atoms with Crippen molar-refractivity contribution in [1.29, 1.82) is 0 Å². The number of rotatable bonds is 4. The monoisotopic (exact) mass is 298 g/mol. The standard InChI is InChI=1S/C9H10FNO2.C5H9NO2/c10-7-3-1-6(2-4-7)5-8(11)9(12)13;7-5(8)4-2-1-3-6-4/h1-4,8H,5,11H2,(H,12,13);4,6H,1-3H2,(H,7,8). The highest BCUT2D eigenvalue weighted by Gasteiger charge is 2.20. The molecule has 0 amide bonds. The van der Waals surface area contributed by atoms with Crippen LogP contribution in [0.4, 0.5) is 4.39 Å². The van der Waals surface area contributed by atoms with Crippen LogP contribution in [0.3, 0.4) is 0 Å². The second-order valence-corrected chi connectivity index (χ2v) is 4.76. The van der Waals surface area contributed by atoms with Gasteiger partial charge in [0.2, 0.25) is 0 Å². The lowest BCUT2D eigenvalue weighted by Gasteiger charge is -2.05. The zero-order chi connectivity index (χ0) is 15.8. The number of aliphatic carboxylic acids is 2. The summed E-state index contributed by atoms with van der Waals surface area (Å²) in [5.74, 6) is -2.11. The van der Waals surface area contributed by atoms with Crippen LogP contribution >= 0.6 is 0 Å². The van der Waals surface area contributed by atoms with Crippen molar-refractivity contribution in [3.63, 3.8) is 0 Å². The zero-order valence-corrected chi connectivity index (χ0v) is 11.5. The van der Waals surface area contributed by atoms with Gasteiger partial charge in [-0.15, -0.1) is 0 Å². The summed E-state index contributed by atoms with van der Waals surface area (Å²) in [6.07, 6.45) is 2.00. The van der Waals surface area contributed by atoms with Gasteiger partial charge in [-0.25, -0.2) is 4.39 Å². The number of carboxylic acids is 2. The van der Waals surface area contributed by atoms with Crippen LogP contribution in [-0.2, 0) is 16.0 Å². The van der Waals surface area contributed by atoms with Crippen LogP contribution in [0.2, 0.25) is 0 Å². The van der Waals surface area contributed by atoms with Gasteiger partial charge in [0.1, 0.15) is 17.9 Å². The Morgan fingerprint density at radius 2 is 1.95 bits per heavy atom. The van der Waals surface area contributed by atoms with Crippen molar-refractivity contribution in [2.45, 2.75) is 31.3 Å². The van der Waals surface area contributed by atoms with E-state index in [0.717, 1.165) is 24.9 Å². The Labute approximate surface area is 121 Å². The van der Waals surface area contributed by atoms with Crippen LogP contribution < -0.4 is 11.1 Å². The van der Waals surface area contributed by atoms with Gasteiger partial charge in [-0.2, -0.15) is 0 Å². The Balaban J connectivity index is 0.000000235. The molecule has 2 unspecified atom stereocenters. The van der Waals surface area contributed by atoms with E-state index >= 15 is 0 Å². The molecule has 7 heteroatoms. The minimum atomic E-state index is -1.05.